The summed E-state index contributed by atoms with van der Waals surface area (Å²) in [5.41, 5.74) is 0. The average molecular weight is 196 g/mol. The molecule has 0 aromatic heterocycles. The molecule has 2 aliphatic heterocycles. The summed E-state index contributed by atoms with van der Waals surface area (Å²) in [7, 11) is 0. The van der Waals surface area contributed by atoms with Crippen LogP contribution in [-0.4, -0.2) is 36.6 Å². The molecule has 2 heterocycles. The van der Waals surface area contributed by atoms with Gasteiger partial charge in [0.05, 0.1) is 0 Å². The van der Waals surface area contributed by atoms with Gasteiger partial charge in [-0.25, -0.2) is 0 Å². The van der Waals surface area contributed by atoms with Crippen LogP contribution in [0.3, 0.4) is 0 Å². The molecule has 0 bridgehead atoms. The van der Waals surface area contributed by atoms with Crippen LogP contribution in [-0.2, 0) is 0 Å². The highest BCUT2D eigenvalue weighted by atomic mass is 15.2. The summed E-state index contributed by atoms with van der Waals surface area (Å²) >= 11 is 0. The first-order valence-electron chi connectivity index (χ1n) is 6.28. The van der Waals surface area contributed by atoms with Crippen molar-refractivity contribution < 1.29 is 0 Å². The van der Waals surface area contributed by atoms with E-state index in [1.54, 1.807) is 0 Å². The van der Waals surface area contributed by atoms with Gasteiger partial charge in [0.1, 0.15) is 0 Å². The molecule has 0 aromatic carbocycles. The zero-order chi connectivity index (χ0) is 9.97. The van der Waals surface area contributed by atoms with Gasteiger partial charge in [0.25, 0.3) is 0 Å². The van der Waals surface area contributed by atoms with Gasteiger partial charge >= 0.3 is 0 Å². The van der Waals surface area contributed by atoms with E-state index in [4.69, 9.17) is 0 Å². The lowest BCUT2D eigenvalue weighted by molar-refractivity contribution is 0.111. The molecule has 0 radical (unpaired) electrons. The molecular weight excluding hydrogens is 172 g/mol. The van der Waals surface area contributed by atoms with Gasteiger partial charge in [-0.3, -0.25) is 0 Å². The van der Waals surface area contributed by atoms with Gasteiger partial charge in [-0.1, -0.05) is 13.3 Å². The minimum Gasteiger partial charge on any atom is -0.314 e. The molecule has 0 saturated carbocycles. The zero-order valence-corrected chi connectivity index (χ0v) is 9.63. The summed E-state index contributed by atoms with van der Waals surface area (Å²) < 4.78 is 0. The molecule has 2 saturated heterocycles. The molecule has 2 nitrogen and oxygen atoms in total. The predicted octanol–water partition coefficient (Wildman–Crippen LogP) is 1.86. The second-order valence-electron chi connectivity index (χ2n) is 5.00. The number of hydrogen-bond donors (Lipinski definition) is 1. The quantitative estimate of drug-likeness (QED) is 0.725. The summed E-state index contributed by atoms with van der Waals surface area (Å²) in [4.78, 5) is 2.70. The van der Waals surface area contributed by atoms with E-state index in [1.165, 1.54) is 45.3 Å². The van der Waals surface area contributed by atoms with Crippen LogP contribution in [0, 0.1) is 5.92 Å². The Labute approximate surface area is 88.1 Å². The maximum absolute atomic E-state index is 3.58. The molecule has 2 rings (SSSR count). The summed E-state index contributed by atoms with van der Waals surface area (Å²) in [6.07, 6.45) is 5.69. The van der Waals surface area contributed by atoms with E-state index in [9.17, 15) is 0 Å². The number of likely N-dealkylation sites (tertiary alicyclic amines) is 1. The second-order valence-corrected chi connectivity index (χ2v) is 5.00. The smallest absolute Gasteiger partial charge is 0.0136 e. The molecule has 0 amide bonds. The van der Waals surface area contributed by atoms with Crippen LogP contribution in [0.4, 0.5) is 0 Å². The highest BCUT2D eigenvalue weighted by Crippen LogP contribution is 2.28. The second kappa shape index (κ2) is 4.63. The predicted molar refractivity (Wildman–Crippen MR) is 60.5 cm³/mol. The summed E-state index contributed by atoms with van der Waals surface area (Å²) in [5.74, 6) is 0.922. The van der Waals surface area contributed by atoms with E-state index in [-0.39, 0.29) is 0 Å². The van der Waals surface area contributed by atoms with Crippen LogP contribution >= 0.6 is 0 Å². The first-order chi connectivity index (χ1) is 6.81. The number of nitrogens with one attached hydrogen (secondary N) is 1. The molecule has 82 valence electrons. The Hall–Kier alpha value is -0.0800. The van der Waals surface area contributed by atoms with Crippen molar-refractivity contribution in [3.8, 4) is 0 Å². The largest absolute Gasteiger partial charge is 0.314 e. The van der Waals surface area contributed by atoms with Crippen LogP contribution < -0.4 is 5.32 Å². The normalized spacial score (nSPS) is 40.3. The fourth-order valence-corrected chi connectivity index (χ4v) is 3.21. The van der Waals surface area contributed by atoms with Crippen molar-refractivity contribution in [1.29, 1.82) is 0 Å². The highest BCUT2D eigenvalue weighted by molar-refractivity contribution is 4.89. The van der Waals surface area contributed by atoms with Crippen LogP contribution in [0.25, 0.3) is 0 Å². The van der Waals surface area contributed by atoms with E-state index in [0.717, 1.165) is 18.0 Å². The van der Waals surface area contributed by atoms with E-state index < -0.39 is 0 Å². The lowest BCUT2D eigenvalue weighted by atomic mass is 9.88. The third-order valence-corrected chi connectivity index (χ3v) is 4.00. The molecule has 2 aliphatic rings. The third-order valence-electron chi connectivity index (χ3n) is 4.00. The van der Waals surface area contributed by atoms with Crippen molar-refractivity contribution in [2.45, 2.75) is 51.6 Å². The topological polar surface area (TPSA) is 15.3 Å². The lowest BCUT2D eigenvalue weighted by Crippen LogP contribution is -2.44. The van der Waals surface area contributed by atoms with E-state index in [2.05, 4.69) is 24.1 Å². The van der Waals surface area contributed by atoms with Crippen molar-refractivity contribution in [2.75, 3.05) is 19.6 Å². The van der Waals surface area contributed by atoms with E-state index in [1.807, 2.05) is 0 Å². The molecule has 2 fully saturated rings. The first-order valence-corrected chi connectivity index (χ1v) is 6.28. The van der Waals surface area contributed by atoms with Crippen molar-refractivity contribution in [2.24, 2.45) is 5.92 Å². The first kappa shape index (κ1) is 10.4. The number of piperidine rings is 1. The summed E-state index contributed by atoms with van der Waals surface area (Å²) in [5, 5.41) is 3.58. The fraction of sp³-hybridized carbons (Fsp3) is 1.00. The third kappa shape index (κ3) is 2.12. The van der Waals surface area contributed by atoms with Gasteiger partial charge in [-0.15, -0.1) is 0 Å². The van der Waals surface area contributed by atoms with E-state index >= 15 is 0 Å². The minimum absolute atomic E-state index is 0.751. The Morgan fingerprint density at radius 3 is 2.86 bits per heavy atom. The molecule has 3 atom stereocenters. The standard InChI is InChI=1S/C12H24N2/c1-3-14-7-5-4-6-12(14)11-8-10(2)13-9-11/h10-13H,3-9H2,1-2H3. The molecule has 3 unspecified atom stereocenters. The van der Waals surface area contributed by atoms with Crippen molar-refractivity contribution in [3.63, 3.8) is 0 Å². The Balaban J connectivity index is 1.93. The van der Waals surface area contributed by atoms with Crippen LogP contribution in [0.15, 0.2) is 0 Å². The summed E-state index contributed by atoms with van der Waals surface area (Å²) in [6.45, 7) is 8.47. The van der Waals surface area contributed by atoms with Gasteiger partial charge in [0.2, 0.25) is 0 Å². The SMILES string of the molecule is CCN1CCCCC1C1CNC(C)C1. The summed E-state index contributed by atoms with van der Waals surface area (Å²) in [6, 6.07) is 1.63. The van der Waals surface area contributed by atoms with Crippen molar-refractivity contribution >= 4 is 0 Å². The average Bonchev–Trinajstić information content (AvgIpc) is 2.65. The highest BCUT2D eigenvalue weighted by Gasteiger charge is 2.32. The number of rotatable bonds is 2. The zero-order valence-electron chi connectivity index (χ0n) is 9.63. The van der Waals surface area contributed by atoms with Gasteiger partial charge in [-0.2, -0.15) is 0 Å². The number of nitrogens with zero attached hydrogens (tertiary/aromatic N) is 1. The molecule has 0 spiro atoms. The molecule has 0 aliphatic carbocycles. The Bertz CT molecular complexity index is 181. The molecule has 2 heteroatoms. The Kier molecular flexibility index (Phi) is 3.45. The van der Waals surface area contributed by atoms with E-state index in [0.29, 0.717) is 0 Å². The molecule has 0 aromatic rings. The molecular formula is C12H24N2. The van der Waals surface area contributed by atoms with Crippen LogP contribution in [0.1, 0.15) is 39.5 Å². The van der Waals surface area contributed by atoms with Gasteiger partial charge < -0.3 is 10.2 Å². The van der Waals surface area contributed by atoms with Crippen molar-refractivity contribution in [3.05, 3.63) is 0 Å². The van der Waals surface area contributed by atoms with Crippen molar-refractivity contribution in [1.82, 2.24) is 10.2 Å². The minimum atomic E-state index is 0.751. The Morgan fingerprint density at radius 1 is 1.36 bits per heavy atom. The van der Waals surface area contributed by atoms with Gasteiger partial charge in [0, 0.05) is 12.1 Å². The maximum Gasteiger partial charge on any atom is 0.0136 e. The fourth-order valence-electron chi connectivity index (χ4n) is 3.21. The molecule has 14 heavy (non-hydrogen) atoms. The number of hydrogen-bond acceptors (Lipinski definition) is 2. The lowest BCUT2D eigenvalue weighted by Gasteiger charge is -2.38. The van der Waals surface area contributed by atoms with Gasteiger partial charge in [-0.05, 0) is 51.7 Å². The van der Waals surface area contributed by atoms with Crippen LogP contribution in [0.2, 0.25) is 0 Å². The monoisotopic (exact) mass is 196 g/mol. The van der Waals surface area contributed by atoms with Crippen LogP contribution in [0.5, 0.6) is 0 Å². The maximum atomic E-state index is 3.58. The Morgan fingerprint density at radius 2 is 2.21 bits per heavy atom. The van der Waals surface area contributed by atoms with Gasteiger partial charge in [0.15, 0.2) is 0 Å². The molecule has 1 N–H and O–H groups in total.